The molecule has 0 amide bonds. The van der Waals surface area contributed by atoms with E-state index in [0.717, 1.165) is 6.42 Å². The minimum absolute atomic E-state index is 1.08. The summed E-state index contributed by atoms with van der Waals surface area (Å²) in [5.41, 5.74) is 0. The Balaban J connectivity index is 0. The molecule has 0 spiro atoms. The molecule has 0 aromatic rings. The monoisotopic (exact) mass is 143 g/mol. The number of halogens is 4. The molecule has 0 saturated heterocycles. The lowest BCUT2D eigenvalue weighted by atomic mass is 10.3. The molecule has 0 rings (SSSR count). The van der Waals surface area contributed by atoms with Crippen molar-refractivity contribution in [2.75, 3.05) is 0 Å². The first-order valence-corrected chi connectivity index (χ1v) is 2.40. The van der Waals surface area contributed by atoms with Crippen molar-refractivity contribution in [3.63, 3.8) is 0 Å². The van der Waals surface area contributed by atoms with Crippen molar-refractivity contribution in [2.24, 2.45) is 0 Å². The zero-order valence-electron chi connectivity index (χ0n) is 5.08. The van der Waals surface area contributed by atoms with Gasteiger partial charge in [-0.15, -0.1) is 6.58 Å². The third kappa shape index (κ3) is 834. The van der Waals surface area contributed by atoms with Crippen molar-refractivity contribution in [3.05, 3.63) is 12.7 Å². The highest BCUT2D eigenvalue weighted by Crippen LogP contribution is 2.06. The molecule has 0 aliphatic heterocycles. The second-order valence-corrected chi connectivity index (χ2v) is 1.19. The van der Waals surface area contributed by atoms with E-state index in [2.05, 4.69) is 13.5 Å². The fraction of sp³-hybridized carbons (Fsp3) is 0.500. The highest BCUT2D eigenvalue weighted by molar-refractivity contribution is 6.50. The maximum Gasteiger partial charge on any atom is 0.673 e. The molecule has 0 bridgehead atoms. The third-order valence-corrected chi connectivity index (χ3v) is 0.289. The lowest BCUT2D eigenvalue weighted by Gasteiger charge is -1.94. The van der Waals surface area contributed by atoms with E-state index in [4.69, 9.17) is 0 Å². The van der Waals surface area contributed by atoms with E-state index in [1.165, 1.54) is 0 Å². The highest BCUT2D eigenvalue weighted by Gasteiger charge is 2.20. The summed E-state index contributed by atoms with van der Waals surface area (Å²) in [6, 6.07) is 0. The van der Waals surface area contributed by atoms with E-state index in [9.17, 15) is 17.3 Å². The van der Waals surface area contributed by atoms with Gasteiger partial charge in [-0.2, -0.15) is 0 Å². The van der Waals surface area contributed by atoms with Crippen LogP contribution >= 0.6 is 0 Å². The molecule has 0 atom stereocenters. The minimum atomic E-state index is -6.00. The molecule has 0 radical (unpaired) electrons. The van der Waals surface area contributed by atoms with Crippen LogP contribution in [0.4, 0.5) is 17.3 Å². The minimum Gasteiger partial charge on any atom is -0.418 e. The summed E-state index contributed by atoms with van der Waals surface area (Å²) in [6.07, 6.45) is 2.96. The maximum absolute atomic E-state index is 9.75. The zero-order valence-corrected chi connectivity index (χ0v) is 5.08. The van der Waals surface area contributed by atoms with Gasteiger partial charge in [-0.25, -0.2) is 0 Å². The van der Waals surface area contributed by atoms with Crippen molar-refractivity contribution < 1.29 is 17.3 Å². The molecule has 0 aromatic heterocycles. The molecule has 0 heterocycles. The largest absolute Gasteiger partial charge is 0.673 e. The van der Waals surface area contributed by atoms with E-state index in [1.807, 2.05) is 6.08 Å². The van der Waals surface area contributed by atoms with Crippen LogP contribution in [0.5, 0.6) is 0 Å². The Morgan fingerprint density at radius 3 is 1.44 bits per heavy atom. The molecule has 0 saturated carbocycles. The Hall–Kier alpha value is -0.475. The molecule has 56 valence electrons. The number of allylic oxidation sites excluding steroid dienone is 1. The maximum atomic E-state index is 9.75. The average molecular weight is 143 g/mol. The van der Waals surface area contributed by atoms with Gasteiger partial charge >= 0.3 is 7.25 Å². The van der Waals surface area contributed by atoms with E-state index in [-0.39, 0.29) is 0 Å². The summed E-state index contributed by atoms with van der Waals surface area (Å²) >= 11 is 0. The quantitative estimate of drug-likeness (QED) is 0.300. The van der Waals surface area contributed by atoms with Crippen molar-refractivity contribution >= 4 is 7.25 Å². The Kier molecular flexibility index (Phi) is 7.13. The third-order valence-electron chi connectivity index (χ3n) is 0.289. The van der Waals surface area contributed by atoms with Crippen molar-refractivity contribution in [1.29, 1.82) is 0 Å². The van der Waals surface area contributed by atoms with E-state index >= 15 is 0 Å². The van der Waals surface area contributed by atoms with Crippen LogP contribution < -0.4 is 0 Å². The predicted molar refractivity (Wildman–Crippen MR) is 30.7 cm³/mol. The van der Waals surface area contributed by atoms with Gasteiger partial charge in [-0.3, -0.25) is 0 Å². The van der Waals surface area contributed by atoms with Gasteiger partial charge in [0, 0.05) is 0 Å². The number of hydrogen-bond donors (Lipinski definition) is 0. The summed E-state index contributed by atoms with van der Waals surface area (Å²) in [5, 5.41) is 0. The first kappa shape index (κ1) is 11.3. The molecule has 0 aromatic carbocycles. The first-order chi connectivity index (χ1) is 3.91. The Morgan fingerprint density at radius 1 is 1.33 bits per heavy atom. The Morgan fingerprint density at radius 2 is 1.44 bits per heavy atom. The lowest BCUT2D eigenvalue weighted by Crippen LogP contribution is -2.02. The van der Waals surface area contributed by atoms with Crippen LogP contribution in [0.1, 0.15) is 13.3 Å². The summed E-state index contributed by atoms with van der Waals surface area (Å²) in [6.45, 7) is 5.54. The molecule has 0 unspecified atom stereocenters. The molecule has 9 heavy (non-hydrogen) atoms. The van der Waals surface area contributed by atoms with Gasteiger partial charge in [0.1, 0.15) is 0 Å². The molecule has 0 aliphatic carbocycles. The van der Waals surface area contributed by atoms with Crippen LogP contribution in [-0.2, 0) is 0 Å². The van der Waals surface area contributed by atoms with Gasteiger partial charge in [0.25, 0.3) is 0 Å². The molecular weight excluding hydrogens is 135 g/mol. The number of hydrogen-bond acceptors (Lipinski definition) is 0. The topological polar surface area (TPSA) is 0 Å². The normalized spacial score (nSPS) is 9.44. The van der Waals surface area contributed by atoms with E-state index in [1.54, 1.807) is 0 Å². The summed E-state index contributed by atoms with van der Waals surface area (Å²) in [4.78, 5) is 0. The van der Waals surface area contributed by atoms with E-state index < -0.39 is 7.25 Å². The second kappa shape index (κ2) is 5.66. The molecule has 0 aliphatic rings. The van der Waals surface area contributed by atoms with E-state index in [0.29, 0.717) is 0 Å². The van der Waals surface area contributed by atoms with Crippen LogP contribution in [0.15, 0.2) is 12.7 Å². The Bertz CT molecular complexity index is 61.5. The first-order valence-electron chi connectivity index (χ1n) is 2.40. The molecule has 0 nitrogen and oxygen atoms in total. The molecule has 0 N–H and O–H groups in total. The highest BCUT2D eigenvalue weighted by atomic mass is 19.5. The fourth-order valence-electron chi connectivity index (χ4n) is 0. The zero-order chi connectivity index (χ0) is 7.91. The van der Waals surface area contributed by atoms with Gasteiger partial charge in [0.15, 0.2) is 0 Å². The van der Waals surface area contributed by atoms with Crippen molar-refractivity contribution in [1.82, 2.24) is 0 Å². The van der Waals surface area contributed by atoms with Crippen LogP contribution in [0.2, 0.25) is 0 Å². The fourth-order valence-corrected chi connectivity index (χ4v) is 0. The van der Waals surface area contributed by atoms with Crippen LogP contribution in [-0.4, -0.2) is 7.25 Å². The molecule has 5 heteroatoms. The number of rotatable bonds is 1. The van der Waals surface area contributed by atoms with Crippen LogP contribution in [0.25, 0.3) is 0 Å². The van der Waals surface area contributed by atoms with Gasteiger partial charge in [-0.05, 0) is 6.42 Å². The van der Waals surface area contributed by atoms with Gasteiger partial charge in [0.2, 0.25) is 0 Å². The van der Waals surface area contributed by atoms with Gasteiger partial charge < -0.3 is 17.3 Å². The predicted octanol–water partition coefficient (Wildman–Crippen LogP) is 2.88. The standard InChI is InChI=1S/C4H8.BF4/c1-3-4-2;2-1(3,4)5/h3H,1,4H2,2H3;/q;-1. The van der Waals surface area contributed by atoms with Crippen LogP contribution in [0, 0.1) is 0 Å². The summed E-state index contributed by atoms with van der Waals surface area (Å²) < 4.78 is 39.0. The Labute approximate surface area is 51.7 Å². The molecule has 0 fully saturated rings. The smallest absolute Gasteiger partial charge is 0.418 e. The van der Waals surface area contributed by atoms with Crippen LogP contribution in [0.3, 0.4) is 0 Å². The summed E-state index contributed by atoms with van der Waals surface area (Å²) in [7, 11) is -6.00. The van der Waals surface area contributed by atoms with Crippen molar-refractivity contribution in [3.8, 4) is 0 Å². The second-order valence-electron chi connectivity index (χ2n) is 1.19. The average Bonchev–Trinajstić information content (AvgIpc) is 1.61. The summed E-state index contributed by atoms with van der Waals surface area (Å²) in [5.74, 6) is 0. The van der Waals surface area contributed by atoms with Gasteiger partial charge in [-0.1, -0.05) is 13.0 Å². The molecular formula is C4H8BF4-. The lowest BCUT2D eigenvalue weighted by molar-refractivity contribution is 0.368. The van der Waals surface area contributed by atoms with Gasteiger partial charge in [0.05, 0.1) is 0 Å². The SMILES string of the molecule is C=CCC.F[B-](F)(F)F. The van der Waals surface area contributed by atoms with Crippen molar-refractivity contribution in [2.45, 2.75) is 13.3 Å².